The summed E-state index contributed by atoms with van der Waals surface area (Å²) in [5, 5.41) is 2.56. The lowest BCUT2D eigenvalue weighted by Crippen LogP contribution is -2.23. The van der Waals surface area contributed by atoms with Gasteiger partial charge in [0, 0.05) is 17.7 Å². The quantitative estimate of drug-likeness (QED) is 0.888. The first kappa shape index (κ1) is 15.1. The number of halogens is 2. The highest BCUT2D eigenvalue weighted by Gasteiger charge is 2.08. The molecule has 2 aromatic rings. The van der Waals surface area contributed by atoms with Crippen molar-refractivity contribution in [1.82, 2.24) is 5.32 Å². The zero-order valence-corrected chi connectivity index (χ0v) is 11.4. The SMILES string of the molecule is NCCc1ccc(C(=O)NCc2cc(F)ccc2F)cc1. The monoisotopic (exact) mass is 290 g/mol. The zero-order chi connectivity index (χ0) is 15.2. The van der Waals surface area contributed by atoms with Crippen LogP contribution in [0.15, 0.2) is 42.5 Å². The van der Waals surface area contributed by atoms with Crippen molar-refractivity contribution in [2.24, 2.45) is 5.73 Å². The fraction of sp³-hybridized carbons (Fsp3) is 0.188. The van der Waals surface area contributed by atoms with Crippen LogP contribution in [0.4, 0.5) is 8.78 Å². The molecule has 0 aliphatic carbocycles. The molecule has 0 spiro atoms. The van der Waals surface area contributed by atoms with E-state index in [-0.39, 0.29) is 18.0 Å². The molecule has 21 heavy (non-hydrogen) atoms. The second-order valence-corrected chi connectivity index (χ2v) is 4.65. The van der Waals surface area contributed by atoms with Gasteiger partial charge in [-0.2, -0.15) is 0 Å². The molecule has 0 saturated heterocycles. The molecule has 2 rings (SSSR count). The summed E-state index contributed by atoms with van der Waals surface area (Å²) in [5.74, 6) is -1.42. The molecule has 0 unspecified atom stereocenters. The molecule has 0 aliphatic rings. The first-order valence-corrected chi connectivity index (χ1v) is 6.61. The van der Waals surface area contributed by atoms with Crippen LogP contribution < -0.4 is 11.1 Å². The van der Waals surface area contributed by atoms with Crippen LogP contribution in [0.2, 0.25) is 0 Å². The third-order valence-electron chi connectivity index (χ3n) is 3.10. The van der Waals surface area contributed by atoms with E-state index in [4.69, 9.17) is 5.73 Å². The molecule has 0 fully saturated rings. The van der Waals surface area contributed by atoms with E-state index < -0.39 is 11.6 Å². The maximum Gasteiger partial charge on any atom is 0.251 e. The van der Waals surface area contributed by atoms with Crippen molar-refractivity contribution in [3.63, 3.8) is 0 Å². The molecule has 0 saturated carbocycles. The number of hydrogen-bond donors (Lipinski definition) is 2. The van der Waals surface area contributed by atoms with Crippen molar-refractivity contribution in [1.29, 1.82) is 0 Å². The molecule has 0 radical (unpaired) electrons. The first-order chi connectivity index (χ1) is 10.1. The summed E-state index contributed by atoms with van der Waals surface area (Å²) < 4.78 is 26.5. The number of nitrogens with two attached hydrogens (primary N) is 1. The molecule has 5 heteroatoms. The Hall–Kier alpha value is -2.27. The summed E-state index contributed by atoms with van der Waals surface area (Å²) >= 11 is 0. The van der Waals surface area contributed by atoms with Gasteiger partial charge in [0.25, 0.3) is 5.91 Å². The lowest BCUT2D eigenvalue weighted by atomic mass is 10.1. The molecule has 3 nitrogen and oxygen atoms in total. The number of benzene rings is 2. The average molecular weight is 290 g/mol. The summed E-state index contributed by atoms with van der Waals surface area (Å²) in [4.78, 5) is 11.9. The van der Waals surface area contributed by atoms with Gasteiger partial charge in [0.15, 0.2) is 0 Å². The summed E-state index contributed by atoms with van der Waals surface area (Å²) in [6.07, 6.45) is 0.746. The largest absolute Gasteiger partial charge is 0.348 e. The highest BCUT2D eigenvalue weighted by molar-refractivity contribution is 5.94. The van der Waals surface area contributed by atoms with Crippen LogP contribution in [0.3, 0.4) is 0 Å². The van der Waals surface area contributed by atoms with Gasteiger partial charge >= 0.3 is 0 Å². The van der Waals surface area contributed by atoms with E-state index in [1.54, 1.807) is 12.1 Å². The number of carbonyl (C=O) groups excluding carboxylic acids is 1. The smallest absolute Gasteiger partial charge is 0.251 e. The van der Waals surface area contributed by atoms with E-state index in [1.807, 2.05) is 12.1 Å². The summed E-state index contributed by atoms with van der Waals surface area (Å²) in [7, 11) is 0. The summed E-state index contributed by atoms with van der Waals surface area (Å²) in [6.45, 7) is 0.484. The molecular formula is C16H16F2N2O. The second-order valence-electron chi connectivity index (χ2n) is 4.65. The van der Waals surface area contributed by atoms with Crippen LogP contribution in [0.1, 0.15) is 21.5 Å². The third kappa shape index (κ3) is 4.10. The Bertz CT molecular complexity index is 627. The van der Waals surface area contributed by atoms with E-state index in [0.29, 0.717) is 12.1 Å². The Morgan fingerprint density at radius 2 is 1.81 bits per heavy atom. The minimum atomic E-state index is -0.546. The van der Waals surface area contributed by atoms with Crippen LogP contribution in [0, 0.1) is 11.6 Å². The molecule has 2 aromatic carbocycles. The van der Waals surface area contributed by atoms with E-state index >= 15 is 0 Å². The highest BCUT2D eigenvalue weighted by Crippen LogP contribution is 2.10. The Morgan fingerprint density at radius 1 is 1.10 bits per heavy atom. The minimum absolute atomic E-state index is 0.0625. The molecule has 0 aromatic heterocycles. The van der Waals surface area contributed by atoms with Crippen molar-refractivity contribution in [2.45, 2.75) is 13.0 Å². The van der Waals surface area contributed by atoms with Gasteiger partial charge in [-0.25, -0.2) is 8.78 Å². The summed E-state index contributed by atoms with van der Waals surface area (Å²) in [6, 6.07) is 10.2. The van der Waals surface area contributed by atoms with Gasteiger partial charge in [-0.1, -0.05) is 12.1 Å². The molecule has 0 bridgehead atoms. The van der Waals surface area contributed by atoms with Crippen LogP contribution in [-0.2, 0) is 13.0 Å². The second kappa shape index (κ2) is 6.95. The predicted octanol–water partition coefficient (Wildman–Crippen LogP) is 2.40. The minimum Gasteiger partial charge on any atom is -0.348 e. The Kier molecular flexibility index (Phi) is 5.00. The molecular weight excluding hydrogens is 274 g/mol. The van der Waals surface area contributed by atoms with Crippen LogP contribution >= 0.6 is 0 Å². The first-order valence-electron chi connectivity index (χ1n) is 6.61. The fourth-order valence-electron chi connectivity index (χ4n) is 1.95. The lowest BCUT2D eigenvalue weighted by molar-refractivity contribution is 0.0950. The van der Waals surface area contributed by atoms with Gasteiger partial charge in [0.05, 0.1) is 0 Å². The van der Waals surface area contributed by atoms with Gasteiger partial charge in [0.2, 0.25) is 0 Å². The van der Waals surface area contributed by atoms with Gasteiger partial charge in [-0.15, -0.1) is 0 Å². The predicted molar refractivity (Wildman–Crippen MR) is 76.7 cm³/mol. The number of amides is 1. The van der Waals surface area contributed by atoms with Crippen molar-refractivity contribution in [3.05, 3.63) is 70.8 Å². The standard InChI is InChI=1S/C16H16F2N2O/c17-14-5-6-15(18)13(9-14)10-20-16(21)12-3-1-11(2-4-12)7-8-19/h1-6,9H,7-8,10,19H2,(H,20,21). The molecule has 3 N–H and O–H groups in total. The Labute approximate surface area is 121 Å². The fourth-order valence-corrected chi connectivity index (χ4v) is 1.95. The van der Waals surface area contributed by atoms with Crippen molar-refractivity contribution in [2.75, 3.05) is 6.54 Å². The van der Waals surface area contributed by atoms with E-state index in [9.17, 15) is 13.6 Å². The molecule has 0 atom stereocenters. The van der Waals surface area contributed by atoms with Crippen LogP contribution in [-0.4, -0.2) is 12.5 Å². The van der Waals surface area contributed by atoms with Crippen molar-refractivity contribution >= 4 is 5.91 Å². The lowest BCUT2D eigenvalue weighted by Gasteiger charge is -2.07. The molecule has 0 aliphatic heterocycles. The molecule has 110 valence electrons. The topological polar surface area (TPSA) is 55.1 Å². The highest BCUT2D eigenvalue weighted by atomic mass is 19.1. The number of carbonyl (C=O) groups is 1. The Morgan fingerprint density at radius 3 is 2.48 bits per heavy atom. The third-order valence-corrected chi connectivity index (χ3v) is 3.10. The number of rotatable bonds is 5. The normalized spacial score (nSPS) is 10.4. The number of hydrogen-bond acceptors (Lipinski definition) is 2. The Balaban J connectivity index is 1.99. The zero-order valence-electron chi connectivity index (χ0n) is 11.4. The summed E-state index contributed by atoms with van der Waals surface area (Å²) in [5.41, 5.74) is 7.08. The van der Waals surface area contributed by atoms with Gasteiger partial charge in [-0.05, 0) is 48.9 Å². The van der Waals surface area contributed by atoms with Crippen molar-refractivity contribution in [3.8, 4) is 0 Å². The van der Waals surface area contributed by atoms with E-state index in [2.05, 4.69) is 5.32 Å². The van der Waals surface area contributed by atoms with Crippen molar-refractivity contribution < 1.29 is 13.6 Å². The molecule has 1 amide bonds. The number of nitrogens with one attached hydrogen (secondary N) is 1. The maximum absolute atomic E-state index is 13.4. The van der Waals surface area contributed by atoms with Gasteiger partial charge < -0.3 is 11.1 Å². The van der Waals surface area contributed by atoms with Crippen LogP contribution in [0.5, 0.6) is 0 Å². The van der Waals surface area contributed by atoms with E-state index in [0.717, 1.165) is 30.2 Å². The molecule has 0 heterocycles. The average Bonchev–Trinajstić information content (AvgIpc) is 2.49. The van der Waals surface area contributed by atoms with Crippen LogP contribution in [0.25, 0.3) is 0 Å². The maximum atomic E-state index is 13.4. The van der Waals surface area contributed by atoms with Gasteiger partial charge in [-0.3, -0.25) is 4.79 Å². The van der Waals surface area contributed by atoms with E-state index in [1.165, 1.54) is 0 Å². The van der Waals surface area contributed by atoms with Gasteiger partial charge in [0.1, 0.15) is 11.6 Å².